The van der Waals surface area contributed by atoms with Crippen LogP contribution in [0.5, 0.6) is 5.75 Å². The molecule has 1 fully saturated rings. The van der Waals surface area contributed by atoms with Crippen molar-refractivity contribution in [2.24, 2.45) is 0 Å². The van der Waals surface area contributed by atoms with Gasteiger partial charge in [-0.2, -0.15) is 0 Å². The van der Waals surface area contributed by atoms with Gasteiger partial charge in [0, 0.05) is 11.6 Å². The number of ether oxygens (including phenoxy) is 1. The second-order valence-electron chi connectivity index (χ2n) is 7.01. The number of anilines is 1. The zero-order valence-electron chi connectivity index (χ0n) is 17.6. The van der Waals surface area contributed by atoms with Crippen LogP contribution >= 0.6 is 23.8 Å². The summed E-state index contributed by atoms with van der Waals surface area (Å²) in [6, 6.07) is 14.0. The Labute approximate surface area is 203 Å². The first-order valence-corrected chi connectivity index (χ1v) is 10.8. The van der Waals surface area contributed by atoms with Gasteiger partial charge < -0.3 is 9.15 Å². The second kappa shape index (κ2) is 9.46. The largest absolute Gasteiger partial charge is 0.494 e. The van der Waals surface area contributed by atoms with Gasteiger partial charge in [0.2, 0.25) is 0 Å². The molecule has 1 aromatic heterocycles. The predicted molar refractivity (Wildman–Crippen MR) is 130 cm³/mol. The first kappa shape index (κ1) is 23.1. The third-order valence-corrected chi connectivity index (χ3v) is 5.45. The molecular formula is C23H16ClN3O6S. The zero-order valence-corrected chi connectivity index (χ0v) is 19.2. The summed E-state index contributed by atoms with van der Waals surface area (Å²) in [5.74, 6) is -0.165. The lowest BCUT2D eigenvalue weighted by Crippen LogP contribution is -2.54. The molecule has 2 heterocycles. The van der Waals surface area contributed by atoms with E-state index in [-0.39, 0.29) is 27.2 Å². The van der Waals surface area contributed by atoms with Crippen LogP contribution in [0.15, 0.2) is 64.6 Å². The Kier molecular flexibility index (Phi) is 6.44. The molecule has 0 radical (unpaired) electrons. The monoisotopic (exact) mass is 497 g/mol. The maximum absolute atomic E-state index is 13.1. The maximum Gasteiger partial charge on any atom is 0.288 e. The molecule has 0 atom stereocenters. The number of hydrogen-bond donors (Lipinski definition) is 1. The summed E-state index contributed by atoms with van der Waals surface area (Å²) >= 11 is 11.1. The van der Waals surface area contributed by atoms with Crippen molar-refractivity contribution in [1.29, 1.82) is 0 Å². The highest BCUT2D eigenvalue weighted by Gasteiger charge is 2.34. The molecule has 1 N–H and O–H groups in total. The van der Waals surface area contributed by atoms with Crippen LogP contribution in [0.1, 0.15) is 12.7 Å². The summed E-state index contributed by atoms with van der Waals surface area (Å²) in [4.78, 5) is 37.4. The van der Waals surface area contributed by atoms with Crippen molar-refractivity contribution in [2.75, 3.05) is 11.5 Å². The Morgan fingerprint density at radius 3 is 2.59 bits per heavy atom. The third kappa shape index (κ3) is 4.54. The molecule has 2 aromatic carbocycles. The standard InChI is InChI=1S/C23H16ClN3O6S/c1-2-32-15-6-4-14(5-7-15)26-22(29)17(21(28)25-23(26)34)12-16-8-10-20(33-16)13-3-9-18(24)19(11-13)27(30)31/h3-12H,2H2,1H3,(H,25,28,34)/b17-12+. The van der Waals surface area contributed by atoms with E-state index in [1.807, 2.05) is 6.92 Å². The maximum atomic E-state index is 13.1. The predicted octanol–water partition coefficient (Wildman–Crippen LogP) is 4.74. The molecule has 2 amide bonds. The van der Waals surface area contributed by atoms with Crippen molar-refractivity contribution in [1.82, 2.24) is 5.32 Å². The molecule has 1 saturated heterocycles. The molecule has 9 nitrogen and oxygen atoms in total. The number of nitrogens with zero attached hydrogens (tertiary/aromatic N) is 2. The number of nitrogens with one attached hydrogen (secondary N) is 1. The highest BCUT2D eigenvalue weighted by Crippen LogP contribution is 2.32. The molecule has 4 rings (SSSR count). The van der Waals surface area contributed by atoms with Gasteiger partial charge in [-0.3, -0.25) is 29.9 Å². The van der Waals surface area contributed by atoms with Gasteiger partial charge in [-0.05, 0) is 73.7 Å². The van der Waals surface area contributed by atoms with Crippen LogP contribution in [0, 0.1) is 10.1 Å². The summed E-state index contributed by atoms with van der Waals surface area (Å²) in [6.45, 7) is 2.36. The first-order chi connectivity index (χ1) is 16.3. The van der Waals surface area contributed by atoms with Crippen LogP contribution in [-0.4, -0.2) is 28.5 Å². The van der Waals surface area contributed by atoms with Crippen LogP contribution in [0.4, 0.5) is 11.4 Å². The number of halogens is 1. The smallest absolute Gasteiger partial charge is 0.288 e. The summed E-state index contributed by atoms with van der Waals surface area (Å²) in [5, 5.41) is 13.6. The topological polar surface area (TPSA) is 115 Å². The van der Waals surface area contributed by atoms with Gasteiger partial charge >= 0.3 is 0 Å². The number of benzene rings is 2. The number of carbonyl (C=O) groups is 2. The van der Waals surface area contributed by atoms with E-state index in [9.17, 15) is 19.7 Å². The van der Waals surface area contributed by atoms with Gasteiger partial charge in [0.25, 0.3) is 17.5 Å². The molecule has 0 aliphatic carbocycles. The van der Waals surface area contributed by atoms with Gasteiger partial charge in [0.15, 0.2) is 5.11 Å². The van der Waals surface area contributed by atoms with E-state index >= 15 is 0 Å². The summed E-state index contributed by atoms with van der Waals surface area (Å²) in [7, 11) is 0. The Hall–Kier alpha value is -4.02. The molecule has 34 heavy (non-hydrogen) atoms. The van der Waals surface area contributed by atoms with Crippen molar-refractivity contribution in [3.8, 4) is 17.1 Å². The highest BCUT2D eigenvalue weighted by molar-refractivity contribution is 7.80. The highest BCUT2D eigenvalue weighted by atomic mass is 35.5. The number of nitro benzene ring substituents is 1. The second-order valence-corrected chi connectivity index (χ2v) is 7.80. The van der Waals surface area contributed by atoms with Gasteiger partial charge in [0.05, 0.1) is 17.2 Å². The Balaban J connectivity index is 1.64. The van der Waals surface area contributed by atoms with Crippen molar-refractivity contribution in [3.63, 3.8) is 0 Å². The molecule has 11 heteroatoms. The number of rotatable bonds is 6. The third-order valence-electron chi connectivity index (χ3n) is 4.85. The SMILES string of the molecule is CCOc1ccc(N2C(=O)/C(=C/c3ccc(-c4ccc(Cl)c([N+](=O)[O-])c4)o3)C(=O)NC2=S)cc1. The van der Waals surface area contributed by atoms with E-state index in [2.05, 4.69) is 5.32 Å². The van der Waals surface area contributed by atoms with Gasteiger partial charge in [-0.1, -0.05) is 11.6 Å². The minimum Gasteiger partial charge on any atom is -0.494 e. The molecule has 0 unspecified atom stereocenters. The van der Waals surface area contributed by atoms with Crippen LogP contribution in [0.3, 0.4) is 0 Å². The van der Waals surface area contributed by atoms with Crippen molar-refractivity contribution in [2.45, 2.75) is 6.92 Å². The molecule has 0 spiro atoms. The molecule has 1 aliphatic heterocycles. The average Bonchev–Trinajstić information content (AvgIpc) is 3.27. The van der Waals surface area contributed by atoms with E-state index in [1.54, 1.807) is 36.4 Å². The van der Waals surface area contributed by atoms with Crippen molar-refractivity contribution < 1.29 is 23.7 Å². The fourth-order valence-electron chi connectivity index (χ4n) is 3.28. The number of amides is 2. The van der Waals surface area contributed by atoms with E-state index < -0.39 is 16.7 Å². The molecule has 0 saturated carbocycles. The lowest BCUT2D eigenvalue weighted by molar-refractivity contribution is -0.384. The Bertz CT molecular complexity index is 1350. The van der Waals surface area contributed by atoms with Gasteiger partial charge in [-0.25, -0.2) is 0 Å². The Morgan fingerprint density at radius 2 is 1.91 bits per heavy atom. The van der Waals surface area contributed by atoms with Gasteiger partial charge in [-0.15, -0.1) is 0 Å². The number of thiocarbonyl (C=S) groups is 1. The van der Waals surface area contributed by atoms with E-state index in [1.165, 1.54) is 29.2 Å². The van der Waals surface area contributed by atoms with Crippen LogP contribution in [-0.2, 0) is 9.59 Å². The molecule has 3 aromatic rings. The molecule has 172 valence electrons. The van der Waals surface area contributed by atoms with E-state index in [0.29, 0.717) is 29.4 Å². The first-order valence-electron chi connectivity index (χ1n) is 9.97. The summed E-state index contributed by atoms with van der Waals surface area (Å²) < 4.78 is 11.1. The molecule has 1 aliphatic rings. The summed E-state index contributed by atoms with van der Waals surface area (Å²) in [5.41, 5.74) is 0.414. The molecule has 0 bridgehead atoms. The van der Waals surface area contributed by atoms with Crippen LogP contribution in [0.2, 0.25) is 5.02 Å². The van der Waals surface area contributed by atoms with E-state index in [4.69, 9.17) is 33.0 Å². The fraction of sp³-hybridized carbons (Fsp3) is 0.0870. The van der Waals surface area contributed by atoms with Crippen molar-refractivity contribution in [3.05, 3.63) is 81.1 Å². The lowest BCUT2D eigenvalue weighted by atomic mass is 10.1. The average molecular weight is 498 g/mol. The normalized spacial score (nSPS) is 14.9. The number of furan rings is 1. The number of nitro groups is 1. The number of hydrogen-bond acceptors (Lipinski definition) is 7. The van der Waals surface area contributed by atoms with Gasteiger partial charge in [0.1, 0.15) is 27.9 Å². The van der Waals surface area contributed by atoms with E-state index in [0.717, 1.165) is 0 Å². The minimum absolute atomic E-state index is 0.00234. The zero-order chi connectivity index (χ0) is 24.4. The quantitative estimate of drug-likeness (QED) is 0.172. The lowest BCUT2D eigenvalue weighted by Gasteiger charge is -2.28. The molecular weight excluding hydrogens is 482 g/mol. The summed E-state index contributed by atoms with van der Waals surface area (Å²) in [6.07, 6.45) is 1.29. The number of carbonyl (C=O) groups excluding carboxylic acids is 2. The van der Waals surface area contributed by atoms with Crippen LogP contribution in [0.25, 0.3) is 17.4 Å². The van der Waals surface area contributed by atoms with Crippen molar-refractivity contribution >= 4 is 58.2 Å². The fourth-order valence-corrected chi connectivity index (χ4v) is 3.75. The van der Waals surface area contributed by atoms with Crippen LogP contribution < -0.4 is 15.0 Å². The minimum atomic E-state index is -0.669. The Morgan fingerprint density at radius 1 is 1.18 bits per heavy atom.